The monoisotopic (exact) mass is 298 g/mol. The number of rotatable bonds is 3. The van der Waals surface area contributed by atoms with E-state index >= 15 is 0 Å². The molecule has 1 nitrogen and oxygen atoms in total. The smallest absolute Gasteiger partial charge is 0.406 e. The molecule has 0 aliphatic carbocycles. The molecular formula is C15H13F3OS. The lowest BCUT2D eigenvalue weighted by Gasteiger charge is -2.12. The molecule has 0 bridgehead atoms. The predicted octanol–water partition coefficient (Wildman–Crippen LogP) is 5.28. The van der Waals surface area contributed by atoms with Crippen LogP contribution in [0.3, 0.4) is 0 Å². The van der Waals surface area contributed by atoms with E-state index in [4.69, 9.17) is 0 Å². The van der Waals surface area contributed by atoms with Crippen LogP contribution in [0.25, 0.3) is 11.1 Å². The average molecular weight is 298 g/mol. The topological polar surface area (TPSA) is 9.23 Å². The highest BCUT2D eigenvalue weighted by molar-refractivity contribution is 7.98. The Morgan fingerprint density at radius 3 is 2.35 bits per heavy atom. The van der Waals surface area contributed by atoms with Crippen LogP contribution in [-0.4, -0.2) is 12.6 Å². The fourth-order valence-corrected chi connectivity index (χ4v) is 2.35. The molecule has 2 aromatic rings. The summed E-state index contributed by atoms with van der Waals surface area (Å²) in [5, 5.41) is 0. The molecule has 0 fully saturated rings. The highest BCUT2D eigenvalue weighted by atomic mass is 32.2. The van der Waals surface area contributed by atoms with Crippen molar-refractivity contribution in [2.75, 3.05) is 6.26 Å². The van der Waals surface area contributed by atoms with Crippen LogP contribution in [0.1, 0.15) is 5.56 Å². The van der Waals surface area contributed by atoms with Crippen molar-refractivity contribution in [2.45, 2.75) is 18.2 Å². The van der Waals surface area contributed by atoms with Crippen LogP contribution in [-0.2, 0) is 0 Å². The van der Waals surface area contributed by atoms with Gasteiger partial charge in [0.05, 0.1) is 0 Å². The van der Waals surface area contributed by atoms with Gasteiger partial charge in [-0.25, -0.2) is 0 Å². The van der Waals surface area contributed by atoms with E-state index < -0.39 is 6.36 Å². The minimum atomic E-state index is -4.68. The van der Waals surface area contributed by atoms with Crippen molar-refractivity contribution in [2.24, 2.45) is 0 Å². The summed E-state index contributed by atoms with van der Waals surface area (Å²) in [6.45, 7) is 1.94. The molecule has 0 heterocycles. The van der Waals surface area contributed by atoms with Gasteiger partial charge in [-0.3, -0.25) is 0 Å². The Labute approximate surface area is 119 Å². The fraction of sp³-hybridized carbons (Fsp3) is 0.200. The van der Waals surface area contributed by atoms with Crippen LogP contribution in [0.5, 0.6) is 5.75 Å². The first-order chi connectivity index (χ1) is 9.37. The molecule has 5 heteroatoms. The summed E-state index contributed by atoms with van der Waals surface area (Å²) in [5.41, 5.74) is 2.63. The Balaban J connectivity index is 2.45. The van der Waals surface area contributed by atoms with Gasteiger partial charge >= 0.3 is 6.36 Å². The summed E-state index contributed by atoms with van der Waals surface area (Å²) >= 11 is 1.37. The molecule has 0 spiro atoms. The van der Waals surface area contributed by atoms with Gasteiger partial charge in [0, 0.05) is 4.90 Å². The number of hydrogen-bond donors (Lipinski definition) is 0. The van der Waals surface area contributed by atoms with Crippen LogP contribution in [0.4, 0.5) is 13.2 Å². The third-order valence-electron chi connectivity index (χ3n) is 2.70. The Morgan fingerprint density at radius 1 is 1.00 bits per heavy atom. The standard InChI is InChI=1S/C15H13F3OS/c1-10-4-3-5-11(6-10)12-7-13(19-15(16,17)18)9-14(8-12)20-2/h3-9H,1-2H3. The lowest BCUT2D eigenvalue weighted by Crippen LogP contribution is -2.17. The van der Waals surface area contributed by atoms with Crippen molar-refractivity contribution >= 4 is 11.8 Å². The van der Waals surface area contributed by atoms with Gasteiger partial charge in [-0.1, -0.05) is 29.8 Å². The van der Waals surface area contributed by atoms with E-state index in [0.29, 0.717) is 5.56 Å². The van der Waals surface area contributed by atoms with E-state index in [0.717, 1.165) is 16.0 Å². The molecule has 20 heavy (non-hydrogen) atoms. The van der Waals surface area contributed by atoms with Gasteiger partial charge in [-0.2, -0.15) is 0 Å². The number of thioether (sulfide) groups is 1. The SMILES string of the molecule is CSc1cc(OC(F)(F)F)cc(-c2cccc(C)c2)c1. The first-order valence-electron chi connectivity index (χ1n) is 5.89. The van der Waals surface area contributed by atoms with Gasteiger partial charge in [0.2, 0.25) is 0 Å². The lowest BCUT2D eigenvalue weighted by atomic mass is 10.0. The normalized spacial score (nSPS) is 11.4. The fourth-order valence-electron chi connectivity index (χ4n) is 1.87. The Kier molecular flexibility index (Phi) is 4.28. The summed E-state index contributed by atoms with van der Waals surface area (Å²) in [5.74, 6) is -0.194. The van der Waals surface area contributed by atoms with Crippen LogP contribution in [0.2, 0.25) is 0 Å². The van der Waals surface area contributed by atoms with E-state index in [1.54, 1.807) is 0 Å². The third kappa shape index (κ3) is 3.93. The molecular weight excluding hydrogens is 285 g/mol. The molecule has 0 atom stereocenters. The number of benzene rings is 2. The molecule has 2 rings (SSSR count). The number of ether oxygens (including phenoxy) is 1. The average Bonchev–Trinajstić information content (AvgIpc) is 2.36. The van der Waals surface area contributed by atoms with Gasteiger partial charge in [-0.05, 0) is 42.5 Å². The summed E-state index contributed by atoms with van der Waals surface area (Å²) in [6.07, 6.45) is -2.87. The van der Waals surface area contributed by atoms with E-state index in [1.165, 1.54) is 23.9 Å². The molecule has 0 radical (unpaired) electrons. The number of alkyl halides is 3. The summed E-state index contributed by atoms with van der Waals surface area (Å²) in [6, 6.07) is 12.2. The van der Waals surface area contributed by atoms with Gasteiger partial charge in [0.1, 0.15) is 5.75 Å². The van der Waals surface area contributed by atoms with Crippen molar-refractivity contribution in [3.05, 3.63) is 48.0 Å². The lowest BCUT2D eigenvalue weighted by molar-refractivity contribution is -0.274. The van der Waals surface area contributed by atoms with Gasteiger partial charge in [0.25, 0.3) is 0 Å². The van der Waals surface area contributed by atoms with E-state index in [9.17, 15) is 13.2 Å². The van der Waals surface area contributed by atoms with Crippen molar-refractivity contribution < 1.29 is 17.9 Å². The molecule has 0 amide bonds. The Hall–Kier alpha value is -1.62. The molecule has 0 saturated heterocycles. The second-order valence-corrected chi connectivity index (χ2v) is 5.19. The van der Waals surface area contributed by atoms with Gasteiger partial charge in [0.15, 0.2) is 0 Å². The van der Waals surface area contributed by atoms with Gasteiger partial charge in [-0.15, -0.1) is 24.9 Å². The van der Waals surface area contributed by atoms with Crippen LogP contribution in [0.15, 0.2) is 47.4 Å². The van der Waals surface area contributed by atoms with Crippen molar-refractivity contribution in [1.29, 1.82) is 0 Å². The number of halogens is 3. The second-order valence-electron chi connectivity index (χ2n) is 4.31. The molecule has 0 aromatic heterocycles. The molecule has 106 valence electrons. The highest BCUT2D eigenvalue weighted by Gasteiger charge is 2.31. The maximum atomic E-state index is 12.3. The summed E-state index contributed by atoms with van der Waals surface area (Å²) < 4.78 is 41.1. The van der Waals surface area contributed by atoms with Crippen molar-refractivity contribution in [3.8, 4) is 16.9 Å². The summed E-state index contributed by atoms with van der Waals surface area (Å²) in [4.78, 5) is 0.725. The number of aryl methyl sites for hydroxylation is 1. The molecule has 0 aliphatic rings. The summed E-state index contributed by atoms with van der Waals surface area (Å²) in [7, 11) is 0. The molecule has 0 aliphatic heterocycles. The first kappa shape index (κ1) is 14.8. The predicted molar refractivity (Wildman–Crippen MR) is 75.1 cm³/mol. The highest BCUT2D eigenvalue weighted by Crippen LogP contribution is 2.33. The first-order valence-corrected chi connectivity index (χ1v) is 7.12. The quantitative estimate of drug-likeness (QED) is 0.713. The third-order valence-corrected chi connectivity index (χ3v) is 3.41. The zero-order chi connectivity index (χ0) is 14.8. The molecule has 2 aromatic carbocycles. The minimum absolute atomic E-state index is 0.194. The maximum absolute atomic E-state index is 12.3. The Bertz CT molecular complexity index is 608. The largest absolute Gasteiger partial charge is 0.573 e. The minimum Gasteiger partial charge on any atom is -0.406 e. The number of hydrogen-bond acceptors (Lipinski definition) is 2. The zero-order valence-corrected chi connectivity index (χ0v) is 11.8. The molecule has 0 saturated carbocycles. The van der Waals surface area contributed by atoms with Gasteiger partial charge < -0.3 is 4.74 Å². The molecule has 0 N–H and O–H groups in total. The van der Waals surface area contributed by atoms with E-state index in [2.05, 4.69) is 4.74 Å². The van der Waals surface area contributed by atoms with Crippen LogP contribution >= 0.6 is 11.8 Å². The van der Waals surface area contributed by atoms with E-state index in [1.807, 2.05) is 43.5 Å². The molecule has 0 unspecified atom stereocenters. The van der Waals surface area contributed by atoms with Crippen LogP contribution < -0.4 is 4.74 Å². The maximum Gasteiger partial charge on any atom is 0.573 e. The van der Waals surface area contributed by atoms with Crippen LogP contribution in [0, 0.1) is 6.92 Å². The van der Waals surface area contributed by atoms with Crippen molar-refractivity contribution in [1.82, 2.24) is 0 Å². The Morgan fingerprint density at radius 2 is 1.75 bits per heavy atom. The zero-order valence-electron chi connectivity index (χ0n) is 11.0. The van der Waals surface area contributed by atoms with E-state index in [-0.39, 0.29) is 5.75 Å². The second kappa shape index (κ2) is 5.79. The van der Waals surface area contributed by atoms with Crippen molar-refractivity contribution in [3.63, 3.8) is 0 Å².